The number of primary amides is 1. The third-order valence-electron chi connectivity index (χ3n) is 7.93. The molecular formula is C28H35N5O5S. The molecule has 0 saturated heterocycles. The molecule has 208 valence electrons. The number of nitrogens with zero attached hydrogens (tertiary/aromatic N) is 3. The molecule has 0 unspecified atom stereocenters. The van der Waals surface area contributed by atoms with Gasteiger partial charge in [0.1, 0.15) is 18.5 Å². The zero-order valence-electron chi connectivity index (χ0n) is 22.5. The van der Waals surface area contributed by atoms with Gasteiger partial charge in [-0.2, -0.15) is 5.10 Å². The summed E-state index contributed by atoms with van der Waals surface area (Å²) in [7, 11) is 0. The fourth-order valence-corrected chi connectivity index (χ4v) is 6.69. The normalized spacial score (nSPS) is 24.3. The second kappa shape index (κ2) is 9.48. The Morgan fingerprint density at radius 2 is 2.00 bits per heavy atom. The largest absolute Gasteiger partial charge is 0.489 e. The number of fused-ring (bicyclic) bond motifs is 1. The molecular weight excluding hydrogens is 518 g/mol. The lowest BCUT2D eigenvalue weighted by Gasteiger charge is -2.57. The minimum atomic E-state index is -0.941. The van der Waals surface area contributed by atoms with E-state index in [4.69, 9.17) is 15.2 Å². The molecule has 3 aromatic heterocycles. The van der Waals surface area contributed by atoms with Gasteiger partial charge in [0.15, 0.2) is 4.88 Å². The maximum atomic E-state index is 13.2. The van der Waals surface area contributed by atoms with Crippen LogP contribution in [0.5, 0.6) is 11.6 Å². The Bertz CT molecular complexity index is 1420. The van der Waals surface area contributed by atoms with Crippen LogP contribution in [0.1, 0.15) is 95.9 Å². The average molecular weight is 554 g/mol. The van der Waals surface area contributed by atoms with Gasteiger partial charge in [0.25, 0.3) is 11.8 Å². The number of hydrogen-bond acceptors (Lipinski definition) is 8. The van der Waals surface area contributed by atoms with E-state index in [-0.39, 0.29) is 30.1 Å². The van der Waals surface area contributed by atoms with Crippen LogP contribution in [-0.4, -0.2) is 55.9 Å². The van der Waals surface area contributed by atoms with E-state index < -0.39 is 11.5 Å². The molecule has 3 heterocycles. The Hall–Kier alpha value is -3.18. The molecule has 0 aromatic carbocycles. The molecule has 11 heteroatoms. The van der Waals surface area contributed by atoms with Crippen LogP contribution < -0.4 is 20.5 Å². The average Bonchev–Trinajstić information content (AvgIpc) is 3.43. The van der Waals surface area contributed by atoms with E-state index in [1.165, 1.54) is 11.3 Å². The molecule has 2 amide bonds. The van der Waals surface area contributed by atoms with Crippen LogP contribution in [0.4, 0.5) is 0 Å². The first-order chi connectivity index (χ1) is 18.5. The molecule has 6 rings (SSSR count). The Balaban J connectivity index is 1.06. The van der Waals surface area contributed by atoms with Crippen molar-refractivity contribution in [1.29, 1.82) is 0 Å². The summed E-state index contributed by atoms with van der Waals surface area (Å²) in [6.07, 6.45) is 8.06. The first-order valence-electron chi connectivity index (χ1n) is 13.7. The number of nitrogens with one attached hydrogen (secondary N) is 1. The van der Waals surface area contributed by atoms with Crippen molar-refractivity contribution in [2.45, 2.75) is 89.4 Å². The van der Waals surface area contributed by atoms with E-state index in [1.807, 2.05) is 23.6 Å². The molecule has 4 N–H and O–H groups in total. The maximum absolute atomic E-state index is 13.2. The van der Waals surface area contributed by atoms with Crippen LogP contribution in [0.2, 0.25) is 0 Å². The smallest absolute Gasteiger partial charge is 0.264 e. The van der Waals surface area contributed by atoms with Crippen LogP contribution >= 0.6 is 11.3 Å². The fourth-order valence-electron chi connectivity index (χ4n) is 5.90. The van der Waals surface area contributed by atoms with Crippen LogP contribution in [0, 0.1) is 5.41 Å². The van der Waals surface area contributed by atoms with Gasteiger partial charge >= 0.3 is 0 Å². The molecule has 0 bridgehead atoms. The standard InChI is InChI=1S/C28H35N5O5S/c1-4-21-32-26(23(39-21)24(29)34)38-17-11-28(12-17)9-16(10-28)31-25(35)18-13-30-33-19(18)7-8-20(22(33)15-5-6-15)37-14-27(2,3)36/h7-8,13,15-17,36H,4-6,9-12,14H2,1-3H3,(H2,29,34)(H,31,35)/t16-,17-,28?. The highest BCUT2D eigenvalue weighted by Gasteiger charge is 2.54. The number of nitrogens with two attached hydrogens (primary N) is 1. The molecule has 39 heavy (non-hydrogen) atoms. The van der Waals surface area contributed by atoms with E-state index in [1.54, 1.807) is 20.0 Å². The highest BCUT2D eigenvalue weighted by molar-refractivity contribution is 7.14. The van der Waals surface area contributed by atoms with Gasteiger partial charge in [-0.05, 0) is 76.3 Å². The molecule has 3 aliphatic rings. The van der Waals surface area contributed by atoms with Gasteiger partial charge in [0.05, 0.1) is 33.6 Å². The number of rotatable bonds is 10. The lowest BCUT2D eigenvalue weighted by Crippen LogP contribution is -2.58. The molecule has 1 spiro atoms. The molecule has 3 aromatic rings. The Kier molecular flexibility index (Phi) is 6.33. The first-order valence-corrected chi connectivity index (χ1v) is 14.5. The Morgan fingerprint density at radius 1 is 1.26 bits per heavy atom. The second-order valence-electron chi connectivity index (χ2n) is 12.0. The Morgan fingerprint density at radius 3 is 2.64 bits per heavy atom. The highest BCUT2D eigenvalue weighted by Crippen LogP contribution is 2.57. The number of aryl methyl sites for hydroxylation is 1. The lowest BCUT2D eigenvalue weighted by molar-refractivity contribution is -0.0846. The summed E-state index contributed by atoms with van der Waals surface area (Å²) in [6.45, 7) is 5.59. The quantitative estimate of drug-likeness (QED) is 0.348. The van der Waals surface area contributed by atoms with Gasteiger partial charge in [-0.1, -0.05) is 6.92 Å². The summed E-state index contributed by atoms with van der Waals surface area (Å²) in [4.78, 5) is 29.8. The number of thiazole rings is 1. The summed E-state index contributed by atoms with van der Waals surface area (Å²) in [6, 6.07) is 3.86. The van der Waals surface area contributed by atoms with Crippen LogP contribution in [0.25, 0.3) is 5.52 Å². The minimum absolute atomic E-state index is 0.0137. The van der Waals surface area contributed by atoms with E-state index in [0.29, 0.717) is 28.0 Å². The molecule has 0 aliphatic heterocycles. The van der Waals surface area contributed by atoms with Crippen LogP contribution in [0.3, 0.4) is 0 Å². The SMILES string of the molecule is CCc1nc(O[C@H]2CC3(C[C@H](NC(=O)c4cnn5c(C6CC6)c(OCC(C)(C)O)ccc45)C3)C2)c(C(N)=O)s1. The third-order valence-corrected chi connectivity index (χ3v) is 9.13. The highest BCUT2D eigenvalue weighted by atomic mass is 32.1. The molecule has 10 nitrogen and oxygen atoms in total. The second-order valence-corrected chi connectivity index (χ2v) is 13.1. The number of amides is 2. The van der Waals surface area contributed by atoms with Gasteiger partial charge < -0.3 is 25.6 Å². The molecule has 0 atom stereocenters. The van der Waals surface area contributed by atoms with Crippen molar-refractivity contribution < 1.29 is 24.2 Å². The fraction of sp³-hybridized carbons (Fsp3) is 0.571. The van der Waals surface area contributed by atoms with Crippen molar-refractivity contribution >= 4 is 28.7 Å². The number of pyridine rings is 1. The number of ether oxygens (including phenoxy) is 2. The zero-order valence-corrected chi connectivity index (χ0v) is 23.3. The van der Waals surface area contributed by atoms with Crippen LogP contribution in [0.15, 0.2) is 18.3 Å². The number of aromatic nitrogens is 3. The summed E-state index contributed by atoms with van der Waals surface area (Å²) in [5, 5.41) is 18.7. The van der Waals surface area contributed by atoms with E-state index >= 15 is 0 Å². The van der Waals surface area contributed by atoms with E-state index in [9.17, 15) is 14.7 Å². The number of carbonyl (C=O) groups is 2. The van der Waals surface area contributed by atoms with Crippen LogP contribution in [-0.2, 0) is 6.42 Å². The number of hydrogen-bond donors (Lipinski definition) is 3. The molecule has 3 fully saturated rings. The Labute approximate surface area is 230 Å². The van der Waals surface area contributed by atoms with Gasteiger partial charge in [-0.15, -0.1) is 11.3 Å². The van der Waals surface area contributed by atoms with Crippen molar-refractivity contribution in [3.8, 4) is 11.6 Å². The topological polar surface area (TPSA) is 141 Å². The molecule has 3 aliphatic carbocycles. The summed E-state index contributed by atoms with van der Waals surface area (Å²) >= 11 is 1.30. The number of aliphatic hydroxyl groups is 1. The first kappa shape index (κ1) is 26.1. The summed E-state index contributed by atoms with van der Waals surface area (Å²) in [5.74, 6) is 0.789. The minimum Gasteiger partial charge on any atom is -0.489 e. The monoisotopic (exact) mass is 553 g/mol. The van der Waals surface area contributed by atoms with E-state index in [2.05, 4.69) is 15.4 Å². The van der Waals surface area contributed by atoms with Crippen molar-refractivity contribution in [3.05, 3.63) is 39.5 Å². The summed E-state index contributed by atoms with van der Waals surface area (Å²) in [5.41, 5.74) is 7.01. The molecule has 3 saturated carbocycles. The maximum Gasteiger partial charge on any atom is 0.264 e. The third kappa shape index (κ3) is 5.09. The van der Waals surface area contributed by atoms with Gasteiger partial charge in [0.2, 0.25) is 5.88 Å². The number of carbonyl (C=O) groups excluding carboxylic acids is 2. The van der Waals surface area contributed by atoms with Gasteiger partial charge in [-0.3, -0.25) is 9.59 Å². The summed E-state index contributed by atoms with van der Waals surface area (Å²) < 4.78 is 13.8. The van der Waals surface area contributed by atoms with Crippen molar-refractivity contribution in [2.24, 2.45) is 11.1 Å². The van der Waals surface area contributed by atoms with Crippen molar-refractivity contribution in [3.63, 3.8) is 0 Å². The molecule has 0 radical (unpaired) electrons. The van der Waals surface area contributed by atoms with Crippen molar-refractivity contribution in [1.82, 2.24) is 19.9 Å². The van der Waals surface area contributed by atoms with Gasteiger partial charge in [0, 0.05) is 12.0 Å². The predicted molar refractivity (Wildman–Crippen MR) is 146 cm³/mol. The lowest BCUT2D eigenvalue weighted by atomic mass is 9.53. The van der Waals surface area contributed by atoms with E-state index in [0.717, 1.165) is 61.2 Å². The van der Waals surface area contributed by atoms with Gasteiger partial charge in [-0.25, -0.2) is 9.50 Å². The van der Waals surface area contributed by atoms with Crippen molar-refractivity contribution in [2.75, 3.05) is 6.61 Å². The predicted octanol–water partition coefficient (Wildman–Crippen LogP) is 3.60. The zero-order chi connectivity index (χ0) is 27.5.